The first-order valence-electron chi connectivity index (χ1n) is 6.20. The number of hydrogen-bond donors (Lipinski definition) is 1. The highest BCUT2D eigenvalue weighted by molar-refractivity contribution is 5.43. The van der Waals surface area contributed by atoms with Crippen molar-refractivity contribution >= 4 is 0 Å². The Labute approximate surface area is 112 Å². The van der Waals surface area contributed by atoms with E-state index < -0.39 is 6.10 Å². The Morgan fingerprint density at radius 1 is 1.05 bits per heavy atom. The molecule has 2 rings (SSSR count). The second kappa shape index (κ2) is 5.41. The summed E-state index contributed by atoms with van der Waals surface area (Å²) in [5.74, 6) is 0.808. The van der Waals surface area contributed by atoms with Crippen molar-refractivity contribution < 1.29 is 14.2 Å². The molecule has 19 heavy (non-hydrogen) atoms. The highest BCUT2D eigenvalue weighted by Gasteiger charge is 2.12. The molecule has 100 valence electrons. The van der Waals surface area contributed by atoms with E-state index in [1.165, 1.54) is 12.1 Å². The van der Waals surface area contributed by atoms with Gasteiger partial charge in [-0.05, 0) is 56.2 Å². The lowest BCUT2D eigenvalue weighted by Crippen LogP contribution is -1.98. The molecule has 0 amide bonds. The fourth-order valence-corrected chi connectivity index (χ4v) is 1.87. The first-order chi connectivity index (χ1) is 8.97. The zero-order valence-electron chi connectivity index (χ0n) is 11.3. The van der Waals surface area contributed by atoms with Gasteiger partial charge in [-0.3, -0.25) is 0 Å². The van der Waals surface area contributed by atoms with Crippen molar-refractivity contribution in [3.8, 4) is 11.5 Å². The van der Waals surface area contributed by atoms with Crippen LogP contribution in [-0.4, -0.2) is 5.11 Å². The van der Waals surface area contributed by atoms with Crippen molar-refractivity contribution in [3.63, 3.8) is 0 Å². The number of aryl methyl sites for hydroxylation is 2. The van der Waals surface area contributed by atoms with Crippen molar-refractivity contribution in [2.75, 3.05) is 0 Å². The Bertz CT molecular complexity index is 591. The Kier molecular flexibility index (Phi) is 3.86. The molecule has 0 unspecified atom stereocenters. The average molecular weight is 260 g/mol. The predicted octanol–water partition coefficient (Wildman–Crippen LogP) is 4.29. The van der Waals surface area contributed by atoms with Gasteiger partial charge in [-0.2, -0.15) is 0 Å². The summed E-state index contributed by atoms with van der Waals surface area (Å²) in [6.07, 6.45) is -0.782. The third kappa shape index (κ3) is 3.12. The monoisotopic (exact) mass is 260 g/mol. The first-order valence-corrected chi connectivity index (χ1v) is 6.20. The summed E-state index contributed by atoms with van der Waals surface area (Å²) < 4.78 is 19.0. The van der Waals surface area contributed by atoms with Gasteiger partial charge in [-0.25, -0.2) is 4.39 Å². The maximum atomic E-state index is 13.2. The topological polar surface area (TPSA) is 29.5 Å². The summed E-state index contributed by atoms with van der Waals surface area (Å²) in [7, 11) is 0. The molecule has 0 heterocycles. The minimum Gasteiger partial charge on any atom is -0.457 e. The molecule has 0 aliphatic rings. The van der Waals surface area contributed by atoms with Gasteiger partial charge < -0.3 is 9.84 Å². The van der Waals surface area contributed by atoms with Crippen LogP contribution < -0.4 is 4.74 Å². The number of aliphatic hydroxyl groups is 1. The number of benzene rings is 2. The minimum absolute atomic E-state index is 0.385. The fourth-order valence-electron chi connectivity index (χ4n) is 1.87. The molecule has 2 nitrogen and oxygen atoms in total. The molecule has 0 aliphatic carbocycles. The van der Waals surface area contributed by atoms with Gasteiger partial charge in [0.2, 0.25) is 0 Å². The van der Waals surface area contributed by atoms with E-state index in [0.29, 0.717) is 17.1 Å². The quantitative estimate of drug-likeness (QED) is 0.892. The molecular weight excluding hydrogens is 243 g/mol. The van der Waals surface area contributed by atoms with Crippen LogP contribution in [0.25, 0.3) is 0 Å². The van der Waals surface area contributed by atoms with Crippen LogP contribution in [0.4, 0.5) is 4.39 Å². The molecule has 0 aromatic heterocycles. The molecule has 0 bridgehead atoms. The maximum Gasteiger partial charge on any atom is 0.133 e. The van der Waals surface area contributed by atoms with Crippen molar-refractivity contribution in [1.29, 1.82) is 0 Å². The summed E-state index contributed by atoms with van der Waals surface area (Å²) in [5, 5.41) is 9.68. The van der Waals surface area contributed by atoms with Gasteiger partial charge in [-0.1, -0.05) is 12.1 Å². The number of halogens is 1. The number of hydrogen-bond acceptors (Lipinski definition) is 2. The van der Waals surface area contributed by atoms with Crippen LogP contribution in [0.1, 0.15) is 29.7 Å². The molecule has 0 fully saturated rings. The molecule has 0 aliphatic heterocycles. The lowest BCUT2D eigenvalue weighted by atomic mass is 10.1. The summed E-state index contributed by atoms with van der Waals surface area (Å²) in [4.78, 5) is 0. The zero-order chi connectivity index (χ0) is 14.0. The van der Waals surface area contributed by atoms with E-state index in [2.05, 4.69) is 0 Å². The van der Waals surface area contributed by atoms with E-state index in [1.54, 1.807) is 13.0 Å². The van der Waals surface area contributed by atoms with Gasteiger partial charge >= 0.3 is 0 Å². The van der Waals surface area contributed by atoms with Gasteiger partial charge in [0.05, 0.1) is 6.10 Å². The van der Waals surface area contributed by atoms with Gasteiger partial charge in [0.15, 0.2) is 0 Å². The zero-order valence-corrected chi connectivity index (χ0v) is 11.3. The maximum absolute atomic E-state index is 13.2. The van der Waals surface area contributed by atoms with E-state index >= 15 is 0 Å². The summed E-state index contributed by atoms with van der Waals surface area (Å²) >= 11 is 0. The molecule has 0 radical (unpaired) electrons. The van der Waals surface area contributed by atoms with Crippen molar-refractivity contribution in [3.05, 3.63) is 58.9 Å². The van der Waals surface area contributed by atoms with Crippen LogP contribution in [0, 0.1) is 19.7 Å². The fraction of sp³-hybridized carbons (Fsp3) is 0.250. The molecule has 3 heteroatoms. The van der Waals surface area contributed by atoms with Crippen LogP contribution in [0.5, 0.6) is 11.5 Å². The Morgan fingerprint density at radius 2 is 1.79 bits per heavy atom. The SMILES string of the molecule is Cc1ccc(C)c(Oc2ccc(F)cc2[C@@H](C)O)c1. The molecule has 2 aromatic rings. The third-order valence-electron chi connectivity index (χ3n) is 2.99. The molecule has 1 atom stereocenters. The van der Waals surface area contributed by atoms with E-state index in [9.17, 15) is 9.50 Å². The Morgan fingerprint density at radius 3 is 2.47 bits per heavy atom. The number of rotatable bonds is 3. The van der Waals surface area contributed by atoms with Crippen LogP contribution in [0.2, 0.25) is 0 Å². The molecule has 0 spiro atoms. The minimum atomic E-state index is -0.782. The predicted molar refractivity (Wildman–Crippen MR) is 73.0 cm³/mol. The Hall–Kier alpha value is -1.87. The molecular formula is C16H17FO2. The highest BCUT2D eigenvalue weighted by Crippen LogP contribution is 2.32. The van der Waals surface area contributed by atoms with Crippen LogP contribution in [-0.2, 0) is 0 Å². The lowest BCUT2D eigenvalue weighted by Gasteiger charge is -2.15. The number of ether oxygens (including phenoxy) is 1. The summed E-state index contributed by atoms with van der Waals surface area (Å²) in [5.41, 5.74) is 2.52. The van der Waals surface area contributed by atoms with Crippen LogP contribution >= 0.6 is 0 Å². The van der Waals surface area contributed by atoms with Gasteiger partial charge in [0, 0.05) is 5.56 Å². The second-order valence-electron chi connectivity index (χ2n) is 4.73. The third-order valence-corrected chi connectivity index (χ3v) is 2.99. The molecule has 0 saturated heterocycles. The molecule has 2 aromatic carbocycles. The van der Waals surface area contributed by atoms with Crippen molar-refractivity contribution in [2.45, 2.75) is 26.9 Å². The molecule has 1 N–H and O–H groups in total. The number of aliphatic hydroxyl groups excluding tert-OH is 1. The van der Waals surface area contributed by atoms with E-state index in [0.717, 1.165) is 11.1 Å². The first kappa shape index (κ1) is 13.6. The normalized spacial score (nSPS) is 12.3. The van der Waals surface area contributed by atoms with Gasteiger partial charge in [0.25, 0.3) is 0 Å². The molecule has 0 saturated carbocycles. The smallest absolute Gasteiger partial charge is 0.133 e. The summed E-state index contributed by atoms with van der Waals surface area (Å²) in [6.45, 7) is 5.51. The largest absolute Gasteiger partial charge is 0.457 e. The van der Waals surface area contributed by atoms with Gasteiger partial charge in [-0.15, -0.1) is 0 Å². The van der Waals surface area contributed by atoms with E-state index in [1.807, 2.05) is 32.0 Å². The second-order valence-corrected chi connectivity index (χ2v) is 4.73. The van der Waals surface area contributed by atoms with Gasteiger partial charge in [0.1, 0.15) is 17.3 Å². The highest BCUT2D eigenvalue weighted by atomic mass is 19.1. The van der Waals surface area contributed by atoms with Crippen molar-refractivity contribution in [1.82, 2.24) is 0 Å². The van der Waals surface area contributed by atoms with Crippen molar-refractivity contribution in [2.24, 2.45) is 0 Å². The lowest BCUT2D eigenvalue weighted by molar-refractivity contribution is 0.195. The summed E-state index contributed by atoms with van der Waals surface area (Å²) in [6, 6.07) is 10.1. The standard InChI is InChI=1S/C16H17FO2/c1-10-4-5-11(2)16(8-10)19-15-7-6-13(17)9-14(15)12(3)18/h4-9,12,18H,1-3H3/t12-/m1/s1. The van der Waals surface area contributed by atoms with E-state index in [4.69, 9.17) is 4.74 Å². The average Bonchev–Trinajstić information content (AvgIpc) is 2.35. The van der Waals surface area contributed by atoms with Crippen LogP contribution in [0.3, 0.4) is 0 Å². The Balaban J connectivity index is 2.40. The van der Waals surface area contributed by atoms with Crippen LogP contribution in [0.15, 0.2) is 36.4 Å². The van der Waals surface area contributed by atoms with E-state index in [-0.39, 0.29) is 5.82 Å².